The highest BCUT2D eigenvalue weighted by Gasteiger charge is 2.32. The van der Waals surface area contributed by atoms with Crippen LogP contribution in [0.25, 0.3) is 0 Å². The number of carbonyl (C=O) groups excluding carboxylic acids is 2. The number of hydrogen-bond donors (Lipinski definition) is 5. The highest BCUT2D eigenvalue weighted by Crippen LogP contribution is 2.22. The normalized spacial score (nSPS) is 32.8. The van der Waals surface area contributed by atoms with Crippen molar-refractivity contribution in [3.05, 3.63) is 0 Å². The lowest BCUT2D eigenvalue weighted by atomic mass is 9.84. The lowest BCUT2D eigenvalue weighted by Gasteiger charge is -2.32. The Morgan fingerprint density at radius 2 is 1.96 bits per heavy atom. The lowest BCUT2D eigenvalue weighted by molar-refractivity contribution is -0.129. The van der Waals surface area contributed by atoms with E-state index in [9.17, 15) is 9.59 Å². The van der Waals surface area contributed by atoms with Gasteiger partial charge in [0, 0.05) is 19.1 Å². The molecule has 5 unspecified atom stereocenters. The van der Waals surface area contributed by atoms with E-state index >= 15 is 0 Å². The molecule has 5 N–H and O–H groups in total. The summed E-state index contributed by atoms with van der Waals surface area (Å²) in [6.07, 6.45) is 4.67. The minimum absolute atomic E-state index is 0.0463. The quantitative estimate of drug-likeness (QED) is 0.437. The van der Waals surface area contributed by atoms with Gasteiger partial charge in [-0.25, -0.2) is 4.79 Å². The van der Waals surface area contributed by atoms with Crippen molar-refractivity contribution in [2.24, 2.45) is 17.8 Å². The first-order valence-electron chi connectivity index (χ1n) is 9.74. The second kappa shape index (κ2) is 9.97. The zero-order chi connectivity index (χ0) is 18.2. The number of urea groups is 1. The maximum atomic E-state index is 12.0. The molecule has 0 radical (unpaired) electrons. The SMILES string of the molecule is CC1CCC(NCCCNC(=O)NCC2C(=O)NC(C)CC2C)NC1. The van der Waals surface area contributed by atoms with E-state index in [4.69, 9.17) is 0 Å². The number of carbonyl (C=O) groups is 2. The van der Waals surface area contributed by atoms with Crippen LogP contribution in [-0.4, -0.2) is 50.3 Å². The second-order valence-electron chi connectivity index (χ2n) is 7.82. The fourth-order valence-corrected chi connectivity index (χ4v) is 3.69. The average molecular weight is 354 g/mol. The Morgan fingerprint density at radius 3 is 2.64 bits per heavy atom. The Bertz CT molecular complexity index is 437. The lowest BCUT2D eigenvalue weighted by Crippen LogP contribution is -2.51. The van der Waals surface area contributed by atoms with Crippen LogP contribution in [0.3, 0.4) is 0 Å². The molecule has 2 fully saturated rings. The molecule has 2 saturated heterocycles. The summed E-state index contributed by atoms with van der Waals surface area (Å²) in [4.78, 5) is 23.9. The topological polar surface area (TPSA) is 94.3 Å². The molecule has 2 aliphatic heterocycles. The number of amides is 3. The molecule has 2 rings (SSSR count). The molecule has 2 heterocycles. The third-order valence-electron chi connectivity index (χ3n) is 5.31. The highest BCUT2D eigenvalue weighted by molar-refractivity contribution is 5.81. The van der Waals surface area contributed by atoms with Gasteiger partial charge in [-0.15, -0.1) is 0 Å². The van der Waals surface area contributed by atoms with E-state index in [2.05, 4.69) is 40.4 Å². The Morgan fingerprint density at radius 1 is 1.16 bits per heavy atom. The van der Waals surface area contributed by atoms with Crippen molar-refractivity contribution in [1.29, 1.82) is 0 Å². The van der Waals surface area contributed by atoms with Gasteiger partial charge in [0.25, 0.3) is 0 Å². The van der Waals surface area contributed by atoms with Crippen LogP contribution < -0.4 is 26.6 Å². The van der Waals surface area contributed by atoms with Crippen molar-refractivity contribution in [2.75, 3.05) is 26.2 Å². The summed E-state index contributed by atoms with van der Waals surface area (Å²) in [7, 11) is 0. The third kappa shape index (κ3) is 6.82. The fourth-order valence-electron chi connectivity index (χ4n) is 3.69. The Kier molecular flexibility index (Phi) is 7.96. The second-order valence-corrected chi connectivity index (χ2v) is 7.82. The molecule has 0 saturated carbocycles. The summed E-state index contributed by atoms with van der Waals surface area (Å²) in [5.41, 5.74) is 0. The molecule has 25 heavy (non-hydrogen) atoms. The van der Waals surface area contributed by atoms with E-state index in [1.807, 2.05) is 6.92 Å². The van der Waals surface area contributed by atoms with Crippen LogP contribution in [0.15, 0.2) is 0 Å². The van der Waals surface area contributed by atoms with E-state index in [0.29, 0.717) is 25.2 Å². The predicted molar refractivity (Wildman–Crippen MR) is 99.1 cm³/mol. The first-order valence-corrected chi connectivity index (χ1v) is 9.74. The van der Waals surface area contributed by atoms with Gasteiger partial charge in [-0.1, -0.05) is 13.8 Å². The smallest absolute Gasteiger partial charge is 0.314 e. The first-order chi connectivity index (χ1) is 12.0. The highest BCUT2D eigenvalue weighted by atomic mass is 16.2. The maximum Gasteiger partial charge on any atom is 0.314 e. The molecule has 144 valence electrons. The van der Waals surface area contributed by atoms with Crippen LogP contribution in [0.2, 0.25) is 0 Å². The third-order valence-corrected chi connectivity index (χ3v) is 5.31. The average Bonchev–Trinajstić information content (AvgIpc) is 2.55. The van der Waals surface area contributed by atoms with Gasteiger partial charge in [0.15, 0.2) is 0 Å². The molecular formula is C18H35N5O2. The number of nitrogens with one attached hydrogen (secondary N) is 5. The molecule has 2 aliphatic rings. The maximum absolute atomic E-state index is 12.0. The molecule has 7 nitrogen and oxygen atoms in total. The molecule has 5 atom stereocenters. The van der Waals surface area contributed by atoms with E-state index < -0.39 is 0 Å². The Balaban J connectivity index is 1.52. The zero-order valence-corrected chi connectivity index (χ0v) is 15.9. The minimum atomic E-state index is -0.191. The van der Waals surface area contributed by atoms with E-state index in [0.717, 1.165) is 38.3 Å². The molecule has 3 amide bonds. The van der Waals surface area contributed by atoms with Crippen LogP contribution >= 0.6 is 0 Å². The van der Waals surface area contributed by atoms with Gasteiger partial charge in [-0.05, 0) is 57.5 Å². The molecule has 0 aromatic heterocycles. The van der Waals surface area contributed by atoms with Gasteiger partial charge in [-0.3, -0.25) is 4.79 Å². The van der Waals surface area contributed by atoms with Crippen molar-refractivity contribution in [3.8, 4) is 0 Å². The summed E-state index contributed by atoms with van der Waals surface area (Å²) in [5.74, 6) is 0.966. The van der Waals surface area contributed by atoms with Crippen LogP contribution in [0.1, 0.15) is 46.5 Å². The monoisotopic (exact) mass is 353 g/mol. The van der Waals surface area contributed by atoms with Crippen molar-refractivity contribution >= 4 is 11.9 Å². The summed E-state index contributed by atoms with van der Waals surface area (Å²) >= 11 is 0. The number of hydrogen-bond acceptors (Lipinski definition) is 4. The first kappa shape index (κ1) is 20.0. The van der Waals surface area contributed by atoms with E-state index in [1.54, 1.807) is 0 Å². The van der Waals surface area contributed by atoms with Gasteiger partial charge in [0.05, 0.1) is 12.1 Å². The van der Waals surface area contributed by atoms with Gasteiger partial charge >= 0.3 is 6.03 Å². The molecule has 0 spiro atoms. The zero-order valence-electron chi connectivity index (χ0n) is 15.9. The molecule has 0 bridgehead atoms. The predicted octanol–water partition coefficient (Wildman–Crippen LogP) is 0.772. The Labute approximate surface area is 151 Å². The van der Waals surface area contributed by atoms with Crippen LogP contribution in [-0.2, 0) is 4.79 Å². The van der Waals surface area contributed by atoms with E-state index in [-0.39, 0.29) is 23.9 Å². The fraction of sp³-hybridized carbons (Fsp3) is 0.889. The minimum Gasteiger partial charge on any atom is -0.353 e. The van der Waals surface area contributed by atoms with Crippen molar-refractivity contribution in [2.45, 2.75) is 58.7 Å². The van der Waals surface area contributed by atoms with E-state index in [1.165, 1.54) is 6.42 Å². The Hall–Kier alpha value is -1.34. The van der Waals surface area contributed by atoms with Gasteiger partial charge in [0.2, 0.25) is 5.91 Å². The van der Waals surface area contributed by atoms with Crippen molar-refractivity contribution in [1.82, 2.24) is 26.6 Å². The molecular weight excluding hydrogens is 318 g/mol. The van der Waals surface area contributed by atoms with Gasteiger partial charge < -0.3 is 26.6 Å². The molecule has 0 aliphatic carbocycles. The molecule has 0 aromatic rings. The van der Waals surface area contributed by atoms with Crippen LogP contribution in [0, 0.1) is 17.8 Å². The van der Waals surface area contributed by atoms with Crippen LogP contribution in [0.5, 0.6) is 0 Å². The standard InChI is InChI=1S/C18H35N5O2/c1-12-5-6-16(21-10-12)19-7-4-8-20-18(25)22-11-15-13(2)9-14(3)23-17(15)24/h12-16,19,21H,4-11H2,1-3H3,(H,23,24)(H2,20,22,25). The number of piperidine rings is 2. The van der Waals surface area contributed by atoms with Crippen molar-refractivity contribution < 1.29 is 9.59 Å². The van der Waals surface area contributed by atoms with Crippen LogP contribution in [0.4, 0.5) is 4.79 Å². The van der Waals surface area contributed by atoms with Crippen molar-refractivity contribution in [3.63, 3.8) is 0 Å². The molecule has 0 aromatic carbocycles. The summed E-state index contributed by atoms with van der Waals surface area (Å²) in [6.45, 7) is 9.34. The largest absolute Gasteiger partial charge is 0.353 e. The summed E-state index contributed by atoms with van der Waals surface area (Å²) < 4.78 is 0. The molecule has 7 heteroatoms. The number of rotatable bonds is 7. The summed E-state index contributed by atoms with van der Waals surface area (Å²) in [5, 5.41) is 15.6. The van der Waals surface area contributed by atoms with Gasteiger partial charge in [0.1, 0.15) is 0 Å². The summed E-state index contributed by atoms with van der Waals surface area (Å²) in [6, 6.07) is 0.0326. The van der Waals surface area contributed by atoms with Gasteiger partial charge in [-0.2, -0.15) is 0 Å².